The molecule has 94 valence electrons. The molecule has 1 aromatic carbocycles. The van der Waals surface area contributed by atoms with Crippen molar-refractivity contribution in [1.29, 1.82) is 0 Å². The van der Waals surface area contributed by atoms with E-state index in [-0.39, 0.29) is 0 Å². The van der Waals surface area contributed by atoms with Gasteiger partial charge in [-0.3, -0.25) is 0 Å². The summed E-state index contributed by atoms with van der Waals surface area (Å²) in [5.74, 6) is 0.755. The molecular weight excluding hydrogens is 234 g/mol. The van der Waals surface area contributed by atoms with Gasteiger partial charge >= 0.3 is 0 Å². The van der Waals surface area contributed by atoms with E-state index in [2.05, 4.69) is 19.1 Å². The lowest BCUT2D eigenvalue weighted by molar-refractivity contribution is 0.340. The van der Waals surface area contributed by atoms with Gasteiger partial charge in [0, 0.05) is 0 Å². The maximum absolute atomic E-state index is 6.14. The molecule has 0 heterocycles. The van der Waals surface area contributed by atoms with E-state index in [1.54, 1.807) is 0 Å². The smallest absolute Gasteiger partial charge is 0.138 e. The van der Waals surface area contributed by atoms with Gasteiger partial charge in [-0.2, -0.15) is 0 Å². The molecule has 0 saturated heterocycles. The van der Waals surface area contributed by atoms with Gasteiger partial charge in [-0.25, -0.2) is 0 Å². The molecule has 0 bridgehead atoms. The Morgan fingerprint density at radius 2 is 2.18 bits per heavy atom. The number of nitrogens with two attached hydrogens (primary N) is 1. The van der Waals surface area contributed by atoms with Crippen LogP contribution < -0.4 is 10.5 Å². The summed E-state index contributed by atoms with van der Waals surface area (Å²) in [6.07, 6.45) is 6.24. The molecule has 0 spiro atoms. The van der Waals surface area contributed by atoms with Crippen LogP contribution in [0.1, 0.15) is 30.9 Å². The van der Waals surface area contributed by atoms with Crippen molar-refractivity contribution in [2.45, 2.75) is 26.7 Å². The molecule has 0 aliphatic rings. The Balaban J connectivity index is 2.80. The fourth-order valence-corrected chi connectivity index (χ4v) is 1.79. The Morgan fingerprint density at radius 1 is 1.41 bits per heavy atom. The Labute approximate surface area is 108 Å². The molecule has 0 atom stereocenters. The molecule has 2 nitrogen and oxygen atoms in total. The van der Waals surface area contributed by atoms with Gasteiger partial charge in [0.05, 0.1) is 11.6 Å². The minimum Gasteiger partial charge on any atom is -0.492 e. The number of halogens is 1. The molecule has 0 fully saturated rings. The highest BCUT2D eigenvalue weighted by molar-refractivity contribution is 6.32. The van der Waals surface area contributed by atoms with Crippen molar-refractivity contribution in [2.75, 3.05) is 13.2 Å². The summed E-state index contributed by atoms with van der Waals surface area (Å²) in [5.41, 5.74) is 7.75. The Bertz CT molecular complexity index is 388. The summed E-state index contributed by atoms with van der Waals surface area (Å²) in [6, 6.07) is 3.93. The second-order valence-corrected chi connectivity index (χ2v) is 4.31. The monoisotopic (exact) mass is 253 g/mol. The van der Waals surface area contributed by atoms with E-state index in [0.717, 1.165) is 30.7 Å². The maximum atomic E-state index is 6.14. The van der Waals surface area contributed by atoms with Crippen LogP contribution in [-0.2, 0) is 0 Å². The van der Waals surface area contributed by atoms with Crippen molar-refractivity contribution in [2.24, 2.45) is 5.73 Å². The van der Waals surface area contributed by atoms with Crippen LogP contribution in [0.3, 0.4) is 0 Å². The molecule has 1 rings (SSSR count). The second kappa shape index (κ2) is 7.36. The van der Waals surface area contributed by atoms with Crippen LogP contribution >= 0.6 is 11.6 Å². The zero-order valence-corrected chi connectivity index (χ0v) is 11.3. The van der Waals surface area contributed by atoms with Crippen molar-refractivity contribution < 1.29 is 4.74 Å². The number of unbranched alkanes of at least 4 members (excludes halogenated alkanes) is 1. The summed E-state index contributed by atoms with van der Waals surface area (Å²) in [5, 5.41) is 0.663. The van der Waals surface area contributed by atoms with Gasteiger partial charge in [0.2, 0.25) is 0 Å². The van der Waals surface area contributed by atoms with E-state index in [1.807, 2.05) is 19.1 Å². The summed E-state index contributed by atoms with van der Waals surface area (Å²) in [6.45, 7) is 5.37. The molecule has 0 aliphatic heterocycles. The molecule has 0 aliphatic carbocycles. The van der Waals surface area contributed by atoms with Crippen LogP contribution in [0.2, 0.25) is 5.02 Å². The van der Waals surface area contributed by atoms with Crippen molar-refractivity contribution in [1.82, 2.24) is 0 Å². The van der Waals surface area contributed by atoms with Crippen LogP contribution in [0, 0.1) is 6.92 Å². The number of aryl methyl sites for hydroxylation is 1. The molecule has 0 aromatic heterocycles. The Morgan fingerprint density at radius 3 is 2.82 bits per heavy atom. The standard InChI is InChI=1S/C14H20ClNO/c1-3-17-14-9-11(2)12(10-13(14)15)7-5-4-6-8-16/h5,7,9-10H,3-4,6,8,16H2,1-2H3/b7-5+. The number of hydrogen-bond acceptors (Lipinski definition) is 2. The fourth-order valence-electron chi connectivity index (χ4n) is 1.56. The van der Waals surface area contributed by atoms with Gasteiger partial charge in [0.25, 0.3) is 0 Å². The predicted octanol–water partition coefficient (Wildman–Crippen LogP) is 3.80. The summed E-state index contributed by atoms with van der Waals surface area (Å²) >= 11 is 6.14. The van der Waals surface area contributed by atoms with Crippen LogP contribution in [0.25, 0.3) is 6.08 Å². The van der Waals surface area contributed by atoms with E-state index in [4.69, 9.17) is 22.1 Å². The van der Waals surface area contributed by atoms with Gasteiger partial charge in [-0.05, 0) is 56.5 Å². The third-order valence-corrected chi connectivity index (χ3v) is 2.79. The summed E-state index contributed by atoms with van der Waals surface area (Å²) < 4.78 is 5.44. The van der Waals surface area contributed by atoms with Crippen molar-refractivity contribution in [3.63, 3.8) is 0 Å². The normalized spacial score (nSPS) is 11.1. The highest BCUT2D eigenvalue weighted by Gasteiger charge is 2.04. The first-order chi connectivity index (χ1) is 8.19. The molecule has 0 radical (unpaired) electrons. The zero-order chi connectivity index (χ0) is 12.7. The van der Waals surface area contributed by atoms with Crippen molar-refractivity contribution >= 4 is 17.7 Å². The Kier molecular flexibility index (Phi) is 6.09. The van der Waals surface area contributed by atoms with E-state index in [9.17, 15) is 0 Å². The first kappa shape index (κ1) is 14.1. The quantitative estimate of drug-likeness (QED) is 0.783. The molecule has 0 amide bonds. The van der Waals surface area contributed by atoms with E-state index in [0.29, 0.717) is 11.6 Å². The minimum atomic E-state index is 0.630. The average Bonchev–Trinajstić information content (AvgIpc) is 2.30. The third kappa shape index (κ3) is 4.41. The van der Waals surface area contributed by atoms with Gasteiger partial charge < -0.3 is 10.5 Å². The van der Waals surface area contributed by atoms with Crippen LogP contribution in [-0.4, -0.2) is 13.2 Å². The number of hydrogen-bond donors (Lipinski definition) is 1. The molecule has 2 N–H and O–H groups in total. The van der Waals surface area contributed by atoms with E-state index in [1.165, 1.54) is 5.56 Å². The van der Waals surface area contributed by atoms with Crippen LogP contribution in [0.4, 0.5) is 0 Å². The molecule has 0 saturated carbocycles. The minimum absolute atomic E-state index is 0.630. The lowest BCUT2D eigenvalue weighted by Gasteiger charge is -2.09. The van der Waals surface area contributed by atoms with Crippen molar-refractivity contribution in [3.8, 4) is 5.75 Å². The molecular formula is C14H20ClNO. The molecule has 3 heteroatoms. The summed E-state index contributed by atoms with van der Waals surface area (Å²) in [7, 11) is 0. The molecule has 17 heavy (non-hydrogen) atoms. The number of benzene rings is 1. The van der Waals surface area contributed by atoms with Gasteiger partial charge in [0.15, 0.2) is 0 Å². The number of rotatable bonds is 6. The first-order valence-electron chi connectivity index (χ1n) is 5.98. The van der Waals surface area contributed by atoms with E-state index < -0.39 is 0 Å². The van der Waals surface area contributed by atoms with Gasteiger partial charge in [-0.15, -0.1) is 0 Å². The maximum Gasteiger partial charge on any atom is 0.138 e. The number of ether oxygens (including phenoxy) is 1. The fraction of sp³-hybridized carbons (Fsp3) is 0.429. The van der Waals surface area contributed by atoms with Crippen molar-refractivity contribution in [3.05, 3.63) is 34.4 Å². The first-order valence-corrected chi connectivity index (χ1v) is 6.36. The lowest BCUT2D eigenvalue weighted by atomic mass is 10.1. The highest BCUT2D eigenvalue weighted by Crippen LogP contribution is 2.28. The SMILES string of the molecule is CCOc1cc(C)c(/C=C/CCCN)cc1Cl. The largest absolute Gasteiger partial charge is 0.492 e. The van der Waals surface area contributed by atoms with Gasteiger partial charge in [-0.1, -0.05) is 23.8 Å². The Hall–Kier alpha value is -0.990. The number of allylic oxidation sites excluding steroid dienone is 1. The summed E-state index contributed by atoms with van der Waals surface area (Å²) in [4.78, 5) is 0. The predicted molar refractivity (Wildman–Crippen MR) is 74.7 cm³/mol. The topological polar surface area (TPSA) is 35.2 Å². The third-order valence-electron chi connectivity index (χ3n) is 2.49. The highest BCUT2D eigenvalue weighted by atomic mass is 35.5. The zero-order valence-electron chi connectivity index (χ0n) is 10.5. The van der Waals surface area contributed by atoms with Gasteiger partial charge in [0.1, 0.15) is 5.75 Å². The lowest BCUT2D eigenvalue weighted by Crippen LogP contribution is -1.96. The molecule has 0 unspecified atom stereocenters. The second-order valence-electron chi connectivity index (χ2n) is 3.91. The average molecular weight is 254 g/mol. The molecule has 1 aromatic rings. The van der Waals surface area contributed by atoms with Crippen LogP contribution in [0.5, 0.6) is 5.75 Å². The van der Waals surface area contributed by atoms with E-state index >= 15 is 0 Å². The van der Waals surface area contributed by atoms with Crippen LogP contribution in [0.15, 0.2) is 18.2 Å².